The van der Waals surface area contributed by atoms with E-state index in [1.807, 2.05) is 13.8 Å². The zero-order valence-electron chi connectivity index (χ0n) is 12.2. The van der Waals surface area contributed by atoms with Gasteiger partial charge in [0.1, 0.15) is 30.9 Å². The minimum absolute atomic E-state index is 0.0122. The summed E-state index contributed by atoms with van der Waals surface area (Å²) in [4.78, 5) is 1.19. The normalized spacial score (nSPS) is 35.5. The van der Waals surface area contributed by atoms with Crippen molar-refractivity contribution in [3.8, 4) is 0 Å². The van der Waals surface area contributed by atoms with E-state index in [9.17, 15) is 15.3 Å². The Labute approximate surface area is 116 Å². The lowest BCUT2D eigenvalue weighted by Crippen LogP contribution is -3.19. The first-order chi connectivity index (χ1) is 9.07. The van der Waals surface area contributed by atoms with Crippen molar-refractivity contribution >= 4 is 0 Å². The van der Waals surface area contributed by atoms with Gasteiger partial charge in [0.2, 0.25) is 0 Å². The van der Waals surface area contributed by atoms with E-state index in [4.69, 9.17) is 4.74 Å². The first kappa shape index (κ1) is 16.9. The smallest absolute Gasteiger partial charge is 0.134 e. The van der Waals surface area contributed by atoms with Crippen LogP contribution in [-0.4, -0.2) is 66.0 Å². The Bertz CT molecular complexity index is 239. The van der Waals surface area contributed by atoms with Crippen LogP contribution < -0.4 is 4.90 Å². The predicted molar refractivity (Wildman–Crippen MR) is 73.1 cm³/mol. The molecule has 0 saturated carbocycles. The SMILES string of the molecule is CCOCCCCCC[NH+]1C[C@H](O)C(O)C(O)C1C. The van der Waals surface area contributed by atoms with Gasteiger partial charge in [0.05, 0.1) is 6.54 Å². The second-order valence-electron chi connectivity index (χ2n) is 5.56. The maximum absolute atomic E-state index is 9.84. The van der Waals surface area contributed by atoms with Crippen LogP contribution in [0.25, 0.3) is 0 Å². The summed E-state index contributed by atoms with van der Waals surface area (Å²) in [5.41, 5.74) is 0. The number of rotatable bonds is 8. The molecule has 0 aromatic rings. The van der Waals surface area contributed by atoms with Gasteiger partial charge in [-0.05, 0) is 33.1 Å². The highest BCUT2D eigenvalue weighted by molar-refractivity contribution is 4.82. The van der Waals surface area contributed by atoms with Crippen LogP contribution in [0.2, 0.25) is 0 Å². The molecule has 4 unspecified atom stereocenters. The van der Waals surface area contributed by atoms with Crippen LogP contribution in [0.4, 0.5) is 0 Å². The fourth-order valence-electron chi connectivity index (χ4n) is 2.72. The zero-order valence-corrected chi connectivity index (χ0v) is 12.2. The van der Waals surface area contributed by atoms with E-state index in [1.165, 1.54) is 4.90 Å². The molecule has 0 aromatic heterocycles. The van der Waals surface area contributed by atoms with E-state index in [0.717, 1.165) is 45.4 Å². The predicted octanol–water partition coefficient (Wildman–Crippen LogP) is -1.05. The van der Waals surface area contributed by atoms with Gasteiger partial charge in [-0.1, -0.05) is 6.42 Å². The van der Waals surface area contributed by atoms with Crippen molar-refractivity contribution in [3.63, 3.8) is 0 Å². The third-order valence-electron chi connectivity index (χ3n) is 4.11. The molecular weight excluding hydrogens is 246 g/mol. The van der Waals surface area contributed by atoms with Crippen molar-refractivity contribution in [2.24, 2.45) is 0 Å². The molecule has 0 spiro atoms. The number of piperidine rings is 1. The number of aliphatic hydroxyl groups excluding tert-OH is 3. The van der Waals surface area contributed by atoms with Gasteiger partial charge in [0, 0.05) is 13.2 Å². The highest BCUT2D eigenvalue weighted by Crippen LogP contribution is 2.07. The van der Waals surface area contributed by atoms with Crippen LogP contribution >= 0.6 is 0 Å². The highest BCUT2D eigenvalue weighted by Gasteiger charge is 2.41. The molecule has 19 heavy (non-hydrogen) atoms. The number of hydrogen-bond donors (Lipinski definition) is 4. The number of hydrogen-bond acceptors (Lipinski definition) is 4. The first-order valence-corrected chi connectivity index (χ1v) is 7.54. The third-order valence-corrected chi connectivity index (χ3v) is 4.11. The standard InChI is InChI=1S/C14H29NO4/c1-3-19-9-7-5-4-6-8-15-10-12(16)14(18)13(17)11(15)2/h11-14,16-18H,3-10H2,1-2H3/p+1/t11?,12-,13?,14?/m0/s1. The van der Waals surface area contributed by atoms with Crippen LogP contribution in [0.15, 0.2) is 0 Å². The lowest BCUT2D eigenvalue weighted by atomic mass is 9.94. The summed E-state index contributed by atoms with van der Waals surface area (Å²) in [5.74, 6) is 0. The molecular formula is C14H30NO4+. The van der Waals surface area contributed by atoms with Crippen molar-refractivity contribution in [2.45, 2.75) is 63.9 Å². The van der Waals surface area contributed by atoms with Gasteiger partial charge in [0.15, 0.2) is 0 Å². The summed E-state index contributed by atoms with van der Waals surface area (Å²) in [6.07, 6.45) is 1.87. The number of aliphatic hydroxyl groups is 3. The second kappa shape index (κ2) is 8.87. The fourth-order valence-corrected chi connectivity index (χ4v) is 2.72. The molecule has 1 saturated heterocycles. The molecule has 0 aliphatic carbocycles. The molecule has 1 heterocycles. The molecule has 5 atom stereocenters. The van der Waals surface area contributed by atoms with Crippen molar-refractivity contribution < 1.29 is 25.0 Å². The topological polar surface area (TPSA) is 74.4 Å². The Morgan fingerprint density at radius 3 is 2.42 bits per heavy atom. The lowest BCUT2D eigenvalue weighted by molar-refractivity contribution is -0.937. The quantitative estimate of drug-likeness (QED) is 0.427. The first-order valence-electron chi connectivity index (χ1n) is 7.54. The Morgan fingerprint density at radius 2 is 1.74 bits per heavy atom. The Kier molecular flexibility index (Phi) is 7.87. The lowest BCUT2D eigenvalue weighted by Gasteiger charge is -2.39. The Balaban J connectivity index is 2.15. The van der Waals surface area contributed by atoms with E-state index < -0.39 is 18.3 Å². The van der Waals surface area contributed by atoms with Crippen LogP contribution in [-0.2, 0) is 4.74 Å². The van der Waals surface area contributed by atoms with Gasteiger partial charge in [-0.2, -0.15) is 0 Å². The number of likely N-dealkylation sites (tertiary alicyclic amines) is 1. The average Bonchev–Trinajstić information content (AvgIpc) is 2.41. The zero-order chi connectivity index (χ0) is 14.3. The molecule has 5 heteroatoms. The van der Waals surface area contributed by atoms with Crippen LogP contribution in [0.5, 0.6) is 0 Å². The Morgan fingerprint density at radius 1 is 1.05 bits per heavy atom. The summed E-state index contributed by atoms with van der Waals surface area (Å²) >= 11 is 0. The van der Waals surface area contributed by atoms with E-state index in [0.29, 0.717) is 6.54 Å². The van der Waals surface area contributed by atoms with Crippen LogP contribution in [0, 0.1) is 0 Å². The molecule has 0 aromatic carbocycles. The molecule has 1 aliphatic rings. The third kappa shape index (κ3) is 5.36. The summed E-state index contributed by atoms with van der Waals surface area (Å²) in [6.45, 7) is 7.03. The van der Waals surface area contributed by atoms with E-state index in [-0.39, 0.29) is 6.04 Å². The van der Waals surface area contributed by atoms with Gasteiger partial charge in [-0.15, -0.1) is 0 Å². The molecule has 0 bridgehead atoms. The average molecular weight is 276 g/mol. The number of unbranched alkanes of at least 4 members (excludes halogenated alkanes) is 3. The Hall–Kier alpha value is -0.200. The van der Waals surface area contributed by atoms with Gasteiger partial charge >= 0.3 is 0 Å². The summed E-state index contributed by atoms with van der Waals surface area (Å²) in [5, 5.41) is 29.1. The van der Waals surface area contributed by atoms with E-state index in [1.54, 1.807) is 0 Å². The maximum Gasteiger partial charge on any atom is 0.134 e. The molecule has 5 nitrogen and oxygen atoms in total. The number of nitrogens with one attached hydrogen (secondary N) is 1. The van der Waals surface area contributed by atoms with Crippen LogP contribution in [0.3, 0.4) is 0 Å². The number of ether oxygens (including phenoxy) is 1. The summed E-state index contributed by atoms with van der Waals surface area (Å²) in [6, 6.07) is -0.0122. The molecule has 4 N–H and O–H groups in total. The molecule has 114 valence electrons. The number of quaternary nitrogens is 1. The van der Waals surface area contributed by atoms with Gasteiger partial charge < -0.3 is 25.0 Å². The van der Waals surface area contributed by atoms with Crippen LogP contribution in [0.1, 0.15) is 39.5 Å². The summed E-state index contributed by atoms with van der Waals surface area (Å²) < 4.78 is 5.29. The molecule has 0 amide bonds. The minimum Gasteiger partial charge on any atom is -0.387 e. The molecule has 1 aliphatic heterocycles. The maximum atomic E-state index is 9.84. The molecule has 1 fully saturated rings. The summed E-state index contributed by atoms with van der Waals surface area (Å²) in [7, 11) is 0. The minimum atomic E-state index is -0.995. The molecule has 0 radical (unpaired) electrons. The van der Waals surface area contributed by atoms with Crippen molar-refractivity contribution in [1.29, 1.82) is 0 Å². The molecule has 1 rings (SSSR count). The van der Waals surface area contributed by atoms with Crippen molar-refractivity contribution in [3.05, 3.63) is 0 Å². The monoisotopic (exact) mass is 276 g/mol. The van der Waals surface area contributed by atoms with Gasteiger partial charge in [-0.25, -0.2) is 0 Å². The highest BCUT2D eigenvalue weighted by atomic mass is 16.5. The largest absolute Gasteiger partial charge is 0.387 e. The fraction of sp³-hybridized carbons (Fsp3) is 1.00. The second-order valence-corrected chi connectivity index (χ2v) is 5.56. The van der Waals surface area contributed by atoms with Crippen molar-refractivity contribution in [1.82, 2.24) is 0 Å². The van der Waals surface area contributed by atoms with E-state index >= 15 is 0 Å². The van der Waals surface area contributed by atoms with Gasteiger partial charge in [-0.3, -0.25) is 0 Å². The van der Waals surface area contributed by atoms with Gasteiger partial charge in [0.25, 0.3) is 0 Å². The van der Waals surface area contributed by atoms with E-state index in [2.05, 4.69) is 0 Å². The van der Waals surface area contributed by atoms with Crippen molar-refractivity contribution in [2.75, 3.05) is 26.3 Å².